The van der Waals surface area contributed by atoms with Crippen LogP contribution in [0.3, 0.4) is 0 Å². The standard InChI is InChI=1S/C13H21N3O3/c1-10-15-12(16-19-10)2-5-14-11-3-6-18-13(8-11)4-7-17-9-13/h11,14H,2-9H2,1H3. The summed E-state index contributed by atoms with van der Waals surface area (Å²) in [6, 6.07) is 0.503. The number of nitrogens with one attached hydrogen (secondary N) is 1. The summed E-state index contributed by atoms with van der Waals surface area (Å²) in [4.78, 5) is 4.20. The van der Waals surface area contributed by atoms with Crippen molar-refractivity contribution in [2.24, 2.45) is 0 Å². The number of nitrogens with zero attached hydrogens (tertiary/aromatic N) is 2. The van der Waals surface area contributed by atoms with Crippen LogP contribution in [0.15, 0.2) is 4.52 Å². The van der Waals surface area contributed by atoms with Gasteiger partial charge in [-0.25, -0.2) is 0 Å². The van der Waals surface area contributed by atoms with Gasteiger partial charge in [-0.2, -0.15) is 4.98 Å². The van der Waals surface area contributed by atoms with E-state index in [0.29, 0.717) is 11.9 Å². The zero-order chi connectivity index (χ0) is 13.1. The van der Waals surface area contributed by atoms with Gasteiger partial charge in [0.25, 0.3) is 0 Å². The van der Waals surface area contributed by atoms with E-state index in [9.17, 15) is 0 Å². The maximum atomic E-state index is 5.92. The van der Waals surface area contributed by atoms with Gasteiger partial charge in [-0.15, -0.1) is 0 Å². The van der Waals surface area contributed by atoms with E-state index in [-0.39, 0.29) is 5.60 Å². The van der Waals surface area contributed by atoms with Crippen molar-refractivity contribution in [1.29, 1.82) is 0 Å². The highest BCUT2D eigenvalue weighted by Crippen LogP contribution is 2.32. The number of ether oxygens (including phenoxy) is 2. The molecule has 3 heterocycles. The molecule has 2 aliphatic rings. The molecule has 2 saturated heterocycles. The first-order valence-corrected chi connectivity index (χ1v) is 7.00. The summed E-state index contributed by atoms with van der Waals surface area (Å²) in [7, 11) is 0. The molecule has 0 aromatic carbocycles. The van der Waals surface area contributed by atoms with Gasteiger partial charge in [-0.05, 0) is 12.8 Å². The second-order valence-electron chi connectivity index (χ2n) is 5.46. The molecule has 2 fully saturated rings. The van der Waals surface area contributed by atoms with E-state index in [0.717, 1.165) is 57.9 Å². The molecule has 1 N–H and O–H groups in total. The molecule has 3 rings (SSSR count). The zero-order valence-electron chi connectivity index (χ0n) is 11.4. The van der Waals surface area contributed by atoms with E-state index in [4.69, 9.17) is 14.0 Å². The molecule has 0 radical (unpaired) electrons. The number of aromatic nitrogens is 2. The Hall–Kier alpha value is -0.980. The number of rotatable bonds is 4. The Kier molecular flexibility index (Phi) is 3.81. The van der Waals surface area contributed by atoms with Crippen molar-refractivity contribution in [2.75, 3.05) is 26.4 Å². The summed E-state index contributed by atoms with van der Waals surface area (Å²) in [6.07, 6.45) is 3.93. The predicted octanol–water partition coefficient (Wildman–Crippen LogP) is 0.848. The molecule has 0 aliphatic carbocycles. The Bertz CT molecular complexity index is 415. The second kappa shape index (κ2) is 5.56. The quantitative estimate of drug-likeness (QED) is 0.872. The fourth-order valence-electron chi connectivity index (χ4n) is 2.90. The summed E-state index contributed by atoms with van der Waals surface area (Å²) in [5.41, 5.74) is -0.0291. The molecule has 1 aromatic rings. The zero-order valence-corrected chi connectivity index (χ0v) is 11.4. The van der Waals surface area contributed by atoms with Gasteiger partial charge < -0.3 is 19.3 Å². The van der Waals surface area contributed by atoms with Crippen LogP contribution in [0.5, 0.6) is 0 Å². The van der Waals surface area contributed by atoms with Gasteiger partial charge in [0.2, 0.25) is 5.89 Å². The normalized spacial score (nSPS) is 31.1. The smallest absolute Gasteiger partial charge is 0.223 e. The molecule has 2 atom stereocenters. The molecule has 1 spiro atoms. The number of hydrogen-bond donors (Lipinski definition) is 1. The lowest BCUT2D eigenvalue weighted by atomic mass is 9.89. The lowest BCUT2D eigenvalue weighted by Crippen LogP contribution is -2.47. The number of aryl methyl sites for hydroxylation is 1. The summed E-state index contributed by atoms with van der Waals surface area (Å²) in [6.45, 7) is 5.08. The Balaban J connectivity index is 1.45. The van der Waals surface area contributed by atoms with Gasteiger partial charge >= 0.3 is 0 Å². The third-order valence-corrected chi connectivity index (χ3v) is 3.91. The highest BCUT2D eigenvalue weighted by Gasteiger charge is 2.40. The molecule has 6 heteroatoms. The van der Waals surface area contributed by atoms with Crippen LogP contribution in [-0.4, -0.2) is 48.1 Å². The van der Waals surface area contributed by atoms with Crippen LogP contribution in [0.2, 0.25) is 0 Å². The van der Waals surface area contributed by atoms with Crippen molar-refractivity contribution in [2.45, 2.75) is 44.2 Å². The van der Waals surface area contributed by atoms with E-state index < -0.39 is 0 Å². The van der Waals surface area contributed by atoms with Gasteiger partial charge in [-0.1, -0.05) is 5.16 Å². The highest BCUT2D eigenvalue weighted by atomic mass is 16.6. The van der Waals surface area contributed by atoms with Crippen molar-refractivity contribution in [3.05, 3.63) is 11.7 Å². The molecule has 2 unspecified atom stereocenters. The molecular formula is C13H21N3O3. The Morgan fingerprint density at radius 3 is 3.11 bits per heavy atom. The van der Waals surface area contributed by atoms with E-state index in [1.165, 1.54) is 0 Å². The maximum absolute atomic E-state index is 5.92. The number of hydrogen-bond acceptors (Lipinski definition) is 6. The van der Waals surface area contributed by atoms with Crippen LogP contribution >= 0.6 is 0 Å². The van der Waals surface area contributed by atoms with E-state index in [2.05, 4.69) is 15.5 Å². The average molecular weight is 267 g/mol. The Morgan fingerprint density at radius 1 is 1.42 bits per heavy atom. The van der Waals surface area contributed by atoms with Gasteiger partial charge in [0.05, 0.1) is 12.2 Å². The van der Waals surface area contributed by atoms with Crippen LogP contribution in [0.1, 0.15) is 31.0 Å². The summed E-state index contributed by atoms with van der Waals surface area (Å²) in [5.74, 6) is 1.40. The lowest BCUT2D eigenvalue weighted by Gasteiger charge is -2.37. The largest absolute Gasteiger partial charge is 0.378 e. The van der Waals surface area contributed by atoms with Gasteiger partial charge in [0, 0.05) is 45.6 Å². The van der Waals surface area contributed by atoms with Crippen LogP contribution in [0, 0.1) is 6.92 Å². The van der Waals surface area contributed by atoms with E-state index >= 15 is 0 Å². The predicted molar refractivity (Wildman–Crippen MR) is 67.9 cm³/mol. The van der Waals surface area contributed by atoms with Crippen LogP contribution in [-0.2, 0) is 15.9 Å². The van der Waals surface area contributed by atoms with E-state index in [1.807, 2.05) is 6.92 Å². The lowest BCUT2D eigenvalue weighted by molar-refractivity contribution is -0.0892. The van der Waals surface area contributed by atoms with Gasteiger partial charge in [0.1, 0.15) is 0 Å². The monoisotopic (exact) mass is 267 g/mol. The van der Waals surface area contributed by atoms with Crippen molar-refractivity contribution in [1.82, 2.24) is 15.5 Å². The first-order valence-electron chi connectivity index (χ1n) is 7.00. The summed E-state index contributed by atoms with van der Waals surface area (Å²) in [5, 5.41) is 7.47. The second-order valence-corrected chi connectivity index (χ2v) is 5.46. The average Bonchev–Trinajstić information content (AvgIpc) is 3.00. The van der Waals surface area contributed by atoms with Crippen molar-refractivity contribution >= 4 is 0 Å². The Labute approximate surface area is 112 Å². The van der Waals surface area contributed by atoms with Crippen LogP contribution in [0.4, 0.5) is 0 Å². The fraction of sp³-hybridized carbons (Fsp3) is 0.846. The molecule has 19 heavy (non-hydrogen) atoms. The molecule has 2 aliphatic heterocycles. The molecule has 0 bridgehead atoms. The minimum atomic E-state index is -0.0291. The first-order chi connectivity index (χ1) is 9.26. The maximum Gasteiger partial charge on any atom is 0.223 e. The van der Waals surface area contributed by atoms with Crippen molar-refractivity contribution in [3.63, 3.8) is 0 Å². The van der Waals surface area contributed by atoms with Gasteiger partial charge in [-0.3, -0.25) is 0 Å². The van der Waals surface area contributed by atoms with Crippen molar-refractivity contribution in [3.8, 4) is 0 Å². The Morgan fingerprint density at radius 2 is 2.37 bits per heavy atom. The van der Waals surface area contributed by atoms with Crippen LogP contribution < -0.4 is 5.32 Å². The molecule has 0 amide bonds. The fourth-order valence-corrected chi connectivity index (χ4v) is 2.90. The molecule has 0 saturated carbocycles. The summed E-state index contributed by atoms with van der Waals surface area (Å²) < 4.78 is 16.4. The third kappa shape index (κ3) is 3.13. The van der Waals surface area contributed by atoms with E-state index in [1.54, 1.807) is 0 Å². The molecule has 106 valence electrons. The molecule has 6 nitrogen and oxygen atoms in total. The third-order valence-electron chi connectivity index (χ3n) is 3.91. The highest BCUT2D eigenvalue weighted by molar-refractivity contribution is 4.93. The SMILES string of the molecule is Cc1nc(CCNC2CCOC3(CCOC3)C2)no1. The summed E-state index contributed by atoms with van der Waals surface area (Å²) >= 11 is 0. The van der Waals surface area contributed by atoms with Crippen LogP contribution in [0.25, 0.3) is 0 Å². The van der Waals surface area contributed by atoms with Crippen molar-refractivity contribution < 1.29 is 14.0 Å². The topological polar surface area (TPSA) is 69.4 Å². The van der Waals surface area contributed by atoms with Gasteiger partial charge in [0.15, 0.2) is 5.82 Å². The minimum absolute atomic E-state index is 0.0291. The molecular weight excluding hydrogens is 246 g/mol. The molecule has 1 aromatic heterocycles. The minimum Gasteiger partial charge on any atom is -0.378 e. The first kappa shape index (κ1) is 13.0.